The lowest BCUT2D eigenvalue weighted by Crippen LogP contribution is -2.21. The molecule has 0 amide bonds. The summed E-state index contributed by atoms with van der Waals surface area (Å²) in [5, 5.41) is 8.73. The van der Waals surface area contributed by atoms with E-state index >= 15 is 0 Å². The first-order valence-electron chi connectivity index (χ1n) is 6.08. The van der Waals surface area contributed by atoms with Gasteiger partial charge in [-0.1, -0.05) is 40.0 Å². The average molecular weight is 248 g/mol. The lowest BCUT2D eigenvalue weighted by Gasteiger charge is -2.14. The van der Waals surface area contributed by atoms with Gasteiger partial charge in [-0.3, -0.25) is 9.00 Å². The predicted molar refractivity (Wildman–Crippen MR) is 68.0 cm³/mol. The van der Waals surface area contributed by atoms with Crippen molar-refractivity contribution in [3.63, 3.8) is 0 Å². The van der Waals surface area contributed by atoms with Gasteiger partial charge in [0, 0.05) is 22.3 Å². The number of carboxylic acid groups (broad SMARTS) is 1. The van der Waals surface area contributed by atoms with Crippen LogP contribution in [0.1, 0.15) is 46.5 Å². The van der Waals surface area contributed by atoms with Crippen LogP contribution in [0, 0.1) is 11.8 Å². The predicted octanol–water partition coefficient (Wildman–Crippen LogP) is 2.67. The van der Waals surface area contributed by atoms with Gasteiger partial charge in [-0.05, 0) is 12.3 Å². The lowest BCUT2D eigenvalue weighted by molar-refractivity contribution is -0.140. The van der Waals surface area contributed by atoms with Crippen LogP contribution in [0.15, 0.2) is 0 Å². The minimum Gasteiger partial charge on any atom is -0.481 e. The van der Waals surface area contributed by atoms with E-state index in [1.807, 2.05) is 0 Å². The van der Waals surface area contributed by atoms with E-state index in [9.17, 15) is 9.00 Å². The number of hydrogen-bond acceptors (Lipinski definition) is 2. The smallest absolute Gasteiger partial charge is 0.307 e. The maximum absolute atomic E-state index is 11.7. The van der Waals surface area contributed by atoms with Crippen LogP contribution in [0.4, 0.5) is 0 Å². The number of unbranched alkanes of at least 4 members (excludes halogenated alkanes) is 1. The van der Waals surface area contributed by atoms with Gasteiger partial charge in [0.1, 0.15) is 0 Å². The largest absolute Gasteiger partial charge is 0.481 e. The molecule has 0 rings (SSSR count). The summed E-state index contributed by atoms with van der Waals surface area (Å²) in [6.45, 7) is 5.88. The topological polar surface area (TPSA) is 54.4 Å². The fraction of sp³-hybridized carbons (Fsp3) is 0.917. The molecule has 0 aromatic rings. The van der Waals surface area contributed by atoms with Gasteiger partial charge < -0.3 is 5.11 Å². The van der Waals surface area contributed by atoms with Crippen LogP contribution in [-0.4, -0.2) is 26.8 Å². The molecule has 0 saturated carbocycles. The van der Waals surface area contributed by atoms with Crippen LogP contribution in [0.2, 0.25) is 0 Å². The summed E-state index contributed by atoms with van der Waals surface area (Å²) in [5.41, 5.74) is 0. The summed E-state index contributed by atoms with van der Waals surface area (Å²) in [5.74, 6) is 0.0905. The highest BCUT2D eigenvalue weighted by molar-refractivity contribution is 7.85. The van der Waals surface area contributed by atoms with Gasteiger partial charge in [0.05, 0.1) is 5.92 Å². The molecule has 0 spiro atoms. The molecule has 0 fully saturated rings. The van der Waals surface area contributed by atoms with E-state index in [2.05, 4.69) is 13.8 Å². The third kappa shape index (κ3) is 6.99. The number of rotatable bonds is 9. The number of carboxylic acids is 1. The van der Waals surface area contributed by atoms with E-state index in [4.69, 9.17) is 5.11 Å². The van der Waals surface area contributed by atoms with Gasteiger partial charge in [-0.2, -0.15) is 0 Å². The zero-order chi connectivity index (χ0) is 12.6. The summed E-state index contributed by atoms with van der Waals surface area (Å²) in [7, 11) is -0.985. The van der Waals surface area contributed by atoms with Crippen molar-refractivity contribution in [3.05, 3.63) is 0 Å². The molecular formula is C12H24O3S. The Morgan fingerprint density at radius 3 is 2.38 bits per heavy atom. The van der Waals surface area contributed by atoms with Gasteiger partial charge >= 0.3 is 5.97 Å². The van der Waals surface area contributed by atoms with Gasteiger partial charge in [0.15, 0.2) is 0 Å². The molecular weight excluding hydrogens is 224 g/mol. The van der Waals surface area contributed by atoms with Crippen LogP contribution in [0.3, 0.4) is 0 Å². The van der Waals surface area contributed by atoms with Crippen molar-refractivity contribution in [2.24, 2.45) is 11.8 Å². The first-order valence-corrected chi connectivity index (χ1v) is 7.57. The molecule has 4 heteroatoms. The fourth-order valence-corrected chi connectivity index (χ4v) is 3.34. The SMILES string of the molecule is CCCCC(CC)CS(=O)CC(C)C(=O)O. The highest BCUT2D eigenvalue weighted by atomic mass is 32.2. The number of hydrogen-bond donors (Lipinski definition) is 1. The van der Waals surface area contributed by atoms with Crippen LogP contribution in [-0.2, 0) is 15.6 Å². The second-order valence-electron chi connectivity index (χ2n) is 4.43. The molecule has 0 saturated heterocycles. The highest BCUT2D eigenvalue weighted by Gasteiger charge is 2.17. The van der Waals surface area contributed by atoms with E-state index in [0.29, 0.717) is 11.7 Å². The molecule has 0 aliphatic rings. The molecule has 3 unspecified atom stereocenters. The highest BCUT2D eigenvalue weighted by Crippen LogP contribution is 2.14. The van der Waals surface area contributed by atoms with E-state index in [0.717, 1.165) is 19.3 Å². The molecule has 1 N–H and O–H groups in total. The zero-order valence-electron chi connectivity index (χ0n) is 10.6. The molecule has 0 aromatic carbocycles. The van der Waals surface area contributed by atoms with Crippen molar-refractivity contribution >= 4 is 16.8 Å². The Morgan fingerprint density at radius 2 is 1.94 bits per heavy atom. The zero-order valence-corrected chi connectivity index (χ0v) is 11.4. The van der Waals surface area contributed by atoms with Crippen molar-refractivity contribution in [2.45, 2.75) is 46.5 Å². The normalized spacial score (nSPS) is 16.7. The van der Waals surface area contributed by atoms with Crippen LogP contribution < -0.4 is 0 Å². The molecule has 3 atom stereocenters. The first-order chi connectivity index (χ1) is 7.51. The summed E-state index contributed by atoms with van der Waals surface area (Å²) in [6, 6.07) is 0. The third-order valence-corrected chi connectivity index (χ3v) is 4.54. The van der Waals surface area contributed by atoms with Crippen molar-refractivity contribution in [3.8, 4) is 0 Å². The molecule has 96 valence electrons. The quantitative estimate of drug-likeness (QED) is 0.682. The minimum absolute atomic E-state index is 0.290. The van der Waals surface area contributed by atoms with Crippen molar-refractivity contribution in [1.82, 2.24) is 0 Å². The maximum atomic E-state index is 11.7. The van der Waals surface area contributed by atoms with E-state index in [-0.39, 0.29) is 5.75 Å². The fourth-order valence-electron chi connectivity index (χ4n) is 1.58. The third-order valence-electron chi connectivity index (χ3n) is 2.82. The van der Waals surface area contributed by atoms with Crippen molar-refractivity contribution in [2.75, 3.05) is 11.5 Å². The Bertz CT molecular complexity index is 228. The Balaban J connectivity index is 3.95. The van der Waals surface area contributed by atoms with Crippen molar-refractivity contribution in [1.29, 1.82) is 0 Å². The van der Waals surface area contributed by atoms with Crippen LogP contribution >= 0.6 is 0 Å². The maximum Gasteiger partial charge on any atom is 0.307 e. The summed E-state index contributed by atoms with van der Waals surface area (Å²) < 4.78 is 11.7. The van der Waals surface area contributed by atoms with E-state index < -0.39 is 22.7 Å². The van der Waals surface area contributed by atoms with Gasteiger partial charge in [0.25, 0.3) is 0 Å². The average Bonchev–Trinajstić information content (AvgIpc) is 2.23. The van der Waals surface area contributed by atoms with E-state index in [1.165, 1.54) is 6.42 Å². The first kappa shape index (κ1) is 15.6. The molecule has 0 bridgehead atoms. The Morgan fingerprint density at radius 1 is 1.31 bits per heavy atom. The van der Waals surface area contributed by atoms with Crippen LogP contribution in [0.5, 0.6) is 0 Å². The second kappa shape index (κ2) is 8.74. The Labute approximate surface area is 101 Å². The summed E-state index contributed by atoms with van der Waals surface area (Å²) >= 11 is 0. The standard InChI is InChI=1S/C12H24O3S/c1-4-6-7-11(5-2)9-16(15)8-10(3)12(13)14/h10-11H,4-9H2,1-3H3,(H,13,14). The molecule has 0 aliphatic carbocycles. The van der Waals surface area contributed by atoms with E-state index in [1.54, 1.807) is 6.92 Å². The molecule has 0 aromatic heterocycles. The number of aliphatic carboxylic acids is 1. The number of carbonyl (C=O) groups is 1. The summed E-state index contributed by atoms with van der Waals surface area (Å²) in [6.07, 6.45) is 4.48. The van der Waals surface area contributed by atoms with Gasteiger partial charge in [-0.25, -0.2) is 0 Å². The minimum atomic E-state index is -0.985. The molecule has 16 heavy (non-hydrogen) atoms. The second-order valence-corrected chi connectivity index (χ2v) is 5.98. The van der Waals surface area contributed by atoms with Gasteiger partial charge in [-0.15, -0.1) is 0 Å². The van der Waals surface area contributed by atoms with Crippen molar-refractivity contribution < 1.29 is 14.1 Å². The van der Waals surface area contributed by atoms with Gasteiger partial charge in [0.2, 0.25) is 0 Å². The Hall–Kier alpha value is -0.380. The lowest BCUT2D eigenvalue weighted by atomic mass is 10.0. The molecule has 0 heterocycles. The monoisotopic (exact) mass is 248 g/mol. The summed E-state index contributed by atoms with van der Waals surface area (Å²) in [4.78, 5) is 10.6. The Kier molecular flexibility index (Phi) is 8.53. The molecule has 0 aliphatic heterocycles. The molecule has 0 radical (unpaired) electrons. The van der Waals surface area contributed by atoms with Crippen LogP contribution in [0.25, 0.3) is 0 Å². The molecule has 3 nitrogen and oxygen atoms in total.